The van der Waals surface area contributed by atoms with Crippen LogP contribution in [0.3, 0.4) is 0 Å². The van der Waals surface area contributed by atoms with E-state index in [2.05, 4.69) is 18.7 Å². The molecule has 1 atom stereocenters. The summed E-state index contributed by atoms with van der Waals surface area (Å²) in [4.78, 5) is 2.26. The smallest absolute Gasteiger partial charge is 0.227 e. The average molecular weight is 468 g/mol. The zero-order valence-electron chi connectivity index (χ0n) is 20.2. The highest BCUT2D eigenvalue weighted by Gasteiger charge is 2.32. The van der Waals surface area contributed by atoms with E-state index in [0.717, 1.165) is 29.8 Å². The molecule has 0 radical (unpaired) electrons. The highest BCUT2D eigenvalue weighted by atomic mass is 19.1. The molecule has 0 unspecified atom stereocenters. The van der Waals surface area contributed by atoms with Crippen LogP contribution in [0.1, 0.15) is 37.9 Å². The van der Waals surface area contributed by atoms with Gasteiger partial charge in [-0.1, -0.05) is 44.2 Å². The van der Waals surface area contributed by atoms with Gasteiger partial charge in [-0.3, -0.25) is 4.90 Å². The predicted octanol–water partition coefficient (Wildman–Crippen LogP) is 5.11. The van der Waals surface area contributed by atoms with Crippen molar-refractivity contribution in [3.05, 3.63) is 71.7 Å². The lowest BCUT2D eigenvalue weighted by Crippen LogP contribution is -2.36. The zero-order valence-corrected chi connectivity index (χ0v) is 20.2. The van der Waals surface area contributed by atoms with E-state index in [-0.39, 0.29) is 5.75 Å². The molecule has 2 aromatic carbocycles. The van der Waals surface area contributed by atoms with Gasteiger partial charge in [-0.25, -0.2) is 9.07 Å². The van der Waals surface area contributed by atoms with Gasteiger partial charge >= 0.3 is 0 Å². The summed E-state index contributed by atoms with van der Waals surface area (Å²) in [6.07, 6.45) is 1.60. The summed E-state index contributed by atoms with van der Waals surface area (Å²) in [7, 11) is 0. The van der Waals surface area contributed by atoms with Crippen molar-refractivity contribution in [1.82, 2.24) is 14.7 Å². The number of hydrogen-bond acceptors (Lipinski definition) is 5. The van der Waals surface area contributed by atoms with Crippen molar-refractivity contribution in [2.45, 2.75) is 52.3 Å². The molecular formula is C27H34FN3O3. The molecule has 1 heterocycles. The molecule has 0 aliphatic heterocycles. The molecule has 4 rings (SSSR count). The van der Waals surface area contributed by atoms with E-state index >= 15 is 0 Å². The fourth-order valence-electron chi connectivity index (χ4n) is 3.95. The van der Waals surface area contributed by atoms with Crippen molar-refractivity contribution in [1.29, 1.82) is 0 Å². The molecule has 0 saturated heterocycles. The Hall–Kier alpha value is -2.74. The van der Waals surface area contributed by atoms with Crippen LogP contribution in [0.5, 0.6) is 11.6 Å². The van der Waals surface area contributed by atoms with Gasteiger partial charge in [0.1, 0.15) is 0 Å². The lowest BCUT2D eigenvalue weighted by atomic mass is 10.2. The average Bonchev–Trinajstić information content (AvgIpc) is 3.61. The Morgan fingerprint density at radius 3 is 2.47 bits per heavy atom. The SMILES string of the molecule is Cc1nn(-c2ccccc2)c(Oc2ccccc2F)c1CN(C[C@@H](O)COCC(C)C)C1CC1. The first-order valence-electron chi connectivity index (χ1n) is 12.0. The molecule has 0 amide bonds. The first kappa shape index (κ1) is 24.4. The largest absolute Gasteiger partial charge is 0.435 e. The van der Waals surface area contributed by atoms with Crippen molar-refractivity contribution in [3.8, 4) is 17.3 Å². The fraction of sp³-hybridized carbons (Fsp3) is 0.444. The Morgan fingerprint density at radius 1 is 1.09 bits per heavy atom. The number of nitrogens with zero attached hydrogens (tertiary/aromatic N) is 3. The van der Waals surface area contributed by atoms with Crippen molar-refractivity contribution in [2.75, 3.05) is 19.8 Å². The van der Waals surface area contributed by atoms with Crippen LogP contribution in [0, 0.1) is 18.7 Å². The van der Waals surface area contributed by atoms with Gasteiger partial charge in [0.2, 0.25) is 5.88 Å². The quantitative estimate of drug-likeness (QED) is 0.401. The molecule has 1 N–H and O–H groups in total. The van der Waals surface area contributed by atoms with Gasteiger partial charge < -0.3 is 14.6 Å². The first-order valence-corrected chi connectivity index (χ1v) is 12.0. The number of para-hydroxylation sites is 2. The van der Waals surface area contributed by atoms with Crippen LogP contribution in [0.2, 0.25) is 0 Å². The Morgan fingerprint density at radius 2 is 1.79 bits per heavy atom. The van der Waals surface area contributed by atoms with Gasteiger partial charge in [-0.2, -0.15) is 5.10 Å². The van der Waals surface area contributed by atoms with Crippen LogP contribution in [0.15, 0.2) is 54.6 Å². The standard InChI is InChI=1S/C27H34FN3O3/c1-19(2)17-33-18-23(32)15-30(21-13-14-21)16-24-20(3)29-31(22-9-5-4-6-10-22)27(24)34-26-12-8-7-11-25(26)28/h4-12,19,21,23,32H,13-18H2,1-3H3/t23-/m1/s1. The number of aryl methyl sites for hydroxylation is 1. The molecule has 1 aliphatic carbocycles. The predicted molar refractivity (Wildman–Crippen MR) is 130 cm³/mol. The highest BCUT2D eigenvalue weighted by Crippen LogP contribution is 2.35. The number of aromatic nitrogens is 2. The molecule has 0 bridgehead atoms. The number of halogens is 1. The van der Waals surface area contributed by atoms with Gasteiger partial charge in [-0.05, 0) is 49.9 Å². The molecule has 6 nitrogen and oxygen atoms in total. The molecule has 1 aliphatic rings. The van der Waals surface area contributed by atoms with Crippen molar-refractivity contribution in [3.63, 3.8) is 0 Å². The van der Waals surface area contributed by atoms with E-state index in [1.807, 2.05) is 37.3 Å². The van der Waals surface area contributed by atoms with Crippen LogP contribution in [0.4, 0.5) is 4.39 Å². The second kappa shape index (κ2) is 11.1. The van der Waals surface area contributed by atoms with Crippen molar-refractivity contribution >= 4 is 0 Å². The van der Waals surface area contributed by atoms with Gasteiger partial charge in [0.15, 0.2) is 11.6 Å². The monoisotopic (exact) mass is 467 g/mol. The van der Waals surface area contributed by atoms with Crippen molar-refractivity contribution < 1.29 is 19.0 Å². The maximum atomic E-state index is 14.5. The number of benzene rings is 2. The Kier molecular flexibility index (Phi) is 7.98. The molecular weight excluding hydrogens is 433 g/mol. The summed E-state index contributed by atoms with van der Waals surface area (Å²) >= 11 is 0. The van der Waals surface area contributed by atoms with Gasteiger partial charge in [0.05, 0.1) is 29.7 Å². The molecule has 34 heavy (non-hydrogen) atoms. The van der Waals surface area contributed by atoms with Gasteiger partial charge in [0, 0.05) is 25.7 Å². The first-order chi connectivity index (χ1) is 16.4. The molecule has 1 fully saturated rings. The number of aliphatic hydroxyl groups is 1. The molecule has 1 saturated carbocycles. The summed E-state index contributed by atoms with van der Waals surface area (Å²) in [5.41, 5.74) is 2.53. The summed E-state index contributed by atoms with van der Waals surface area (Å²) in [6, 6.07) is 16.5. The third-order valence-corrected chi connectivity index (χ3v) is 5.81. The Bertz CT molecular complexity index is 1070. The van der Waals surface area contributed by atoms with Crippen LogP contribution in [-0.2, 0) is 11.3 Å². The number of rotatable bonds is 12. The minimum Gasteiger partial charge on any atom is -0.435 e. The topological polar surface area (TPSA) is 59.8 Å². The van der Waals surface area contributed by atoms with E-state index in [9.17, 15) is 9.50 Å². The molecule has 182 valence electrons. The molecule has 0 spiro atoms. The van der Waals surface area contributed by atoms with Gasteiger partial charge in [0.25, 0.3) is 0 Å². The summed E-state index contributed by atoms with van der Waals surface area (Å²) in [5.74, 6) is 0.644. The second-order valence-electron chi connectivity index (χ2n) is 9.39. The second-order valence-corrected chi connectivity index (χ2v) is 9.39. The summed E-state index contributed by atoms with van der Waals surface area (Å²) in [6.45, 7) is 8.11. The van der Waals surface area contributed by atoms with E-state index in [1.165, 1.54) is 6.07 Å². The van der Waals surface area contributed by atoms with Crippen LogP contribution in [0.25, 0.3) is 5.69 Å². The highest BCUT2D eigenvalue weighted by molar-refractivity contribution is 5.43. The number of aliphatic hydroxyl groups excluding tert-OH is 1. The zero-order chi connectivity index (χ0) is 24.1. The molecule has 3 aromatic rings. The maximum Gasteiger partial charge on any atom is 0.227 e. The fourth-order valence-corrected chi connectivity index (χ4v) is 3.95. The van der Waals surface area contributed by atoms with Crippen LogP contribution in [-0.4, -0.2) is 51.7 Å². The van der Waals surface area contributed by atoms with Crippen molar-refractivity contribution in [2.24, 2.45) is 5.92 Å². The Labute approximate surface area is 200 Å². The lowest BCUT2D eigenvalue weighted by molar-refractivity contribution is 0.00536. The number of ether oxygens (including phenoxy) is 2. The van der Waals surface area contributed by atoms with E-state index < -0.39 is 11.9 Å². The lowest BCUT2D eigenvalue weighted by Gasteiger charge is -2.25. The summed E-state index contributed by atoms with van der Waals surface area (Å²) < 4.78 is 28.0. The van der Waals surface area contributed by atoms with E-state index in [4.69, 9.17) is 14.6 Å². The molecule has 7 heteroatoms. The van der Waals surface area contributed by atoms with Crippen LogP contribution >= 0.6 is 0 Å². The van der Waals surface area contributed by atoms with E-state index in [1.54, 1.807) is 22.9 Å². The normalized spacial score (nSPS) is 14.7. The van der Waals surface area contributed by atoms with Crippen LogP contribution < -0.4 is 4.74 Å². The van der Waals surface area contributed by atoms with E-state index in [0.29, 0.717) is 44.1 Å². The Balaban J connectivity index is 1.61. The third-order valence-electron chi connectivity index (χ3n) is 5.81. The van der Waals surface area contributed by atoms with Gasteiger partial charge in [-0.15, -0.1) is 0 Å². The minimum atomic E-state index is -0.584. The molecule has 1 aromatic heterocycles. The minimum absolute atomic E-state index is 0.154. The summed E-state index contributed by atoms with van der Waals surface area (Å²) in [5, 5.41) is 15.4. The maximum absolute atomic E-state index is 14.5. The third kappa shape index (κ3) is 6.23. The number of hydrogen-bond donors (Lipinski definition) is 1.